The predicted molar refractivity (Wildman–Crippen MR) is 98.0 cm³/mol. The maximum atomic E-state index is 13.1. The van der Waals surface area contributed by atoms with Crippen LogP contribution in [0.2, 0.25) is 0 Å². The molecule has 2 aromatic carbocycles. The van der Waals surface area contributed by atoms with Gasteiger partial charge in [-0.05, 0) is 55.7 Å². The Morgan fingerprint density at radius 2 is 2.04 bits per heavy atom. The molecule has 3 aromatic rings. The molecule has 1 unspecified atom stereocenters. The number of hydrogen-bond acceptors (Lipinski definition) is 2. The van der Waals surface area contributed by atoms with Gasteiger partial charge in [0, 0.05) is 27.7 Å². The number of hydrogen-bond donors (Lipinski definition) is 1. The number of amides is 1. The summed E-state index contributed by atoms with van der Waals surface area (Å²) in [6, 6.07) is 14.2. The summed E-state index contributed by atoms with van der Waals surface area (Å²) in [7, 11) is 0. The standard InChI is InChI=1S/C19H18BrN3O/c1-12-16-11-14(6-9-17(16)22-21-12)19(24)23-10-2-3-18(23)13-4-7-15(20)8-5-13/h4-9,11,18H,2-3,10H2,1H3,(H,21,22). The first-order chi connectivity index (χ1) is 11.6. The Labute approximate surface area is 149 Å². The summed E-state index contributed by atoms with van der Waals surface area (Å²) >= 11 is 3.47. The number of carbonyl (C=O) groups excluding carboxylic acids is 1. The summed E-state index contributed by atoms with van der Waals surface area (Å²) in [5.74, 6) is 0.0999. The number of rotatable bonds is 2. The van der Waals surface area contributed by atoms with Gasteiger partial charge < -0.3 is 4.90 Å². The van der Waals surface area contributed by atoms with E-state index in [0.717, 1.165) is 46.0 Å². The number of fused-ring (bicyclic) bond motifs is 1. The van der Waals surface area contributed by atoms with Crippen molar-refractivity contribution in [2.24, 2.45) is 0 Å². The molecular weight excluding hydrogens is 366 g/mol. The van der Waals surface area contributed by atoms with Crippen LogP contribution in [0.15, 0.2) is 46.9 Å². The van der Waals surface area contributed by atoms with E-state index in [-0.39, 0.29) is 11.9 Å². The molecule has 24 heavy (non-hydrogen) atoms. The van der Waals surface area contributed by atoms with E-state index in [1.807, 2.05) is 42.2 Å². The van der Waals surface area contributed by atoms with Crippen LogP contribution in [0.3, 0.4) is 0 Å². The minimum Gasteiger partial charge on any atom is -0.332 e. The SMILES string of the molecule is Cc1[nH]nc2ccc(C(=O)N3CCCC3c3ccc(Br)cc3)cc12. The third-order valence-electron chi connectivity index (χ3n) is 4.76. The molecule has 5 heteroatoms. The molecule has 4 nitrogen and oxygen atoms in total. The first-order valence-electron chi connectivity index (χ1n) is 8.14. The zero-order valence-corrected chi connectivity index (χ0v) is 15.0. The number of aromatic amines is 1. The van der Waals surface area contributed by atoms with Gasteiger partial charge in [0.15, 0.2) is 0 Å². The van der Waals surface area contributed by atoms with Gasteiger partial charge in [-0.1, -0.05) is 28.1 Å². The van der Waals surface area contributed by atoms with E-state index >= 15 is 0 Å². The van der Waals surface area contributed by atoms with Gasteiger partial charge in [0.1, 0.15) is 0 Å². The lowest BCUT2D eigenvalue weighted by molar-refractivity contribution is 0.0736. The lowest BCUT2D eigenvalue weighted by atomic mass is 10.0. The molecule has 0 aliphatic carbocycles. The zero-order valence-electron chi connectivity index (χ0n) is 13.4. The second kappa shape index (κ2) is 6.06. The molecule has 0 spiro atoms. The molecule has 1 amide bonds. The van der Waals surface area contributed by atoms with Crippen molar-refractivity contribution < 1.29 is 4.79 Å². The highest BCUT2D eigenvalue weighted by Gasteiger charge is 2.30. The van der Waals surface area contributed by atoms with Gasteiger partial charge in [0.05, 0.1) is 11.6 Å². The number of aromatic nitrogens is 2. The van der Waals surface area contributed by atoms with Crippen molar-refractivity contribution in [3.05, 3.63) is 63.8 Å². The van der Waals surface area contributed by atoms with E-state index in [1.54, 1.807) is 0 Å². The highest BCUT2D eigenvalue weighted by Crippen LogP contribution is 2.34. The molecule has 1 atom stereocenters. The summed E-state index contributed by atoms with van der Waals surface area (Å²) in [6.45, 7) is 2.78. The van der Waals surface area contributed by atoms with Gasteiger partial charge in [-0.3, -0.25) is 9.89 Å². The van der Waals surface area contributed by atoms with Crippen LogP contribution in [0.25, 0.3) is 10.9 Å². The molecule has 4 rings (SSSR count). The summed E-state index contributed by atoms with van der Waals surface area (Å²) in [6.07, 6.45) is 2.06. The molecule has 0 saturated carbocycles. The first-order valence-corrected chi connectivity index (χ1v) is 8.94. The molecule has 1 saturated heterocycles. The molecule has 0 radical (unpaired) electrons. The Hall–Kier alpha value is -2.14. The van der Waals surface area contributed by atoms with Gasteiger partial charge >= 0.3 is 0 Å². The Morgan fingerprint density at radius 1 is 1.25 bits per heavy atom. The average molecular weight is 384 g/mol. The zero-order chi connectivity index (χ0) is 16.7. The van der Waals surface area contributed by atoms with E-state index in [9.17, 15) is 4.79 Å². The van der Waals surface area contributed by atoms with Crippen molar-refractivity contribution in [1.29, 1.82) is 0 Å². The lowest BCUT2D eigenvalue weighted by Crippen LogP contribution is -2.30. The smallest absolute Gasteiger partial charge is 0.254 e. The van der Waals surface area contributed by atoms with Crippen molar-refractivity contribution in [3.63, 3.8) is 0 Å². The number of H-pyrrole nitrogens is 1. The molecule has 1 aromatic heterocycles. The van der Waals surface area contributed by atoms with Crippen molar-refractivity contribution in [3.8, 4) is 0 Å². The predicted octanol–water partition coefficient (Wildman–Crippen LogP) is 4.61. The maximum absolute atomic E-state index is 13.1. The first kappa shape index (κ1) is 15.4. The third kappa shape index (κ3) is 2.63. The van der Waals surface area contributed by atoms with E-state index in [0.29, 0.717) is 0 Å². The van der Waals surface area contributed by atoms with Crippen molar-refractivity contribution in [1.82, 2.24) is 15.1 Å². The number of carbonyl (C=O) groups is 1. The fourth-order valence-corrected chi connectivity index (χ4v) is 3.74. The largest absolute Gasteiger partial charge is 0.332 e. The van der Waals surface area contributed by atoms with Gasteiger partial charge in [-0.25, -0.2) is 0 Å². The quantitative estimate of drug-likeness (QED) is 0.702. The molecule has 122 valence electrons. The minimum absolute atomic E-state index is 0.0999. The molecule has 1 aliphatic heterocycles. The number of likely N-dealkylation sites (tertiary alicyclic amines) is 1. The van der Waals surface area contributed by atoms with Crippen LogP contribution in [-0.4, -0.2) is 27.5 Å². The van der Waals surface area contributed by atoms with Crippen molar-refractivity contribution >= 4 is 32.7 Å². The Bertz CT molecular complexity index is 901. The van der Waals surface area contributed by atoms with Crippen molar-refractivity contribution in [2.75, 3.05) is 6.54 Å². The third-order valence-corrected chi connectivity index (χ3v) is 5.29. The van der Waals surface area contributed by atoms with Gasteiger partial charge in [0.25, 0.3) is 5.91 Å². The molecule has 1 fully saturated rings. The molecular formula is C19H18BrN3O. The van der Waals surface area contributed by atoms with Crippen LogP contribution < -0.4 is 0 Å². The minimum atomic E-state index is 0.0999. The fourth-order valence-electron chi connectivity index (χ4n) is 3.48. The summed E-state index contributed by atoms with van der Waals surface area (Å²) in [5.41, 5.74) is 3.82. The van der Waals surface area contributed by atoms with Crippen LogP contribution in [0, 0.1) is 6.92 Å². The van der Waals surface area contributed by atoms with E-state index in [2.05, 4.69) is 38.3 Å². The Morgan fingerprint density at radius 3 is 2.83 bits per heavy atom. The second-order valence-corrected chi connectivity index (χ2v) is 7.20. The Balaban J connectivity index is 1.66. The normalized spacial score (nSPS) is 17.6. The van der Waals surface area contributed by atoms with Gasteiger partial charge in [-0.15, -0.1) is 0 Å². The van der Waals surface area contributed by atoms with Crippen LogP contribution in [0.4, 0.5) is 0 Å². The van der Waals surface area contributed by atoms with Crippen molar-refractivity contribution in [2.45, 2.75) is 25.8 Å². The number of benzene rings is 2. The van der Waals surface area contributed by atoms with E-state index in [1.165, 1.54) is 5.56 Å². The topological polar surface area (TPSA) is 49.0 Å². The maximum Gasteiger partial charge on any atom is 0.254 e. The number of nitrogens with zero attached hydrogens (tertiary/aromatic N) is 2. The molecule has 1 aliphatic rings. The van der Waals surface area contributed by atoms with Crippen LogP contribution >= 0.6 is 15.9 Å². The summed E-state index contributed by atoms with van der Waals surface area (Å²) in [5, 5.41) is 8.22. The van der Waals surface area contributed by atoms with E-state index < -0.39 is 0 Å². The van der Waals surface area contributed by atoms with Crippen LogP contribution in [0.1, 0.15) is 40.5 Å². The molecule has 0 bridgehead atoms. The summed E-state index contributed by atoms with van der Waals surface area (Å²) in [4.78, 5) is 15.1. The van der Waals surface area contributed by atoms with E-state index in [4.69, 9.17) is 0 Å². The van der Waals surface area contributed by atoms with Gasteiger partial charge in [-0.2, -0.15) is 5.10 Å². The highest BCUT2D eigenvalue weighted by molar-refractivity contribution is 9.10. The fraction of sp³-hybridized carbons (Fsp3) is 0.263. The number of aryl methyl sites for hydroxylation is 1. The highest BCUT2D eigenvalue weighted by atomic mass is 79.9. The van der Waals surface area contributed by atoms with Crippen LogP contribution in [0.5, 0.6) is 0 Å². The number of halogens is 1. The Kier molecular flexibility index (Phi) is 3.88. The number of nitrogens with one attached hydrogen (secondary N) is 1. The summed E-state index contributed by atoms with van der Waals surface area (Å²) < 4.78 is 1.06. The average Bonchev–Trinajstić information content (AvgIpc) is 3.22. The lowest BCUT2D eigenvalue weighted by Gasteiger charge is -2.25. The van der Waals surface area contributed by atoms with Crippen LogP contribution in [-0.2, 0) is 0 Å². The monoisotopic (exact) mass is 383 g/mol. The molecule has 1 N–H and O–H groups in total. The van der Waals surface area contributed by atoms with Gasteiger partial charge in [0.2, 0.25) is 0 Å². The molecule has 2 heterocycles. The second-order valence-electron chi connectivity index (χ2n) is 6.29.